The van der Waals surface area contributed by atoms with Gasteiger partial charge in [-0.15, -0.1) is 6.42 Å². The maximum absolute atomic E-state index is 12.4. The third-order valence-corrected chi connectivity index (χ3v) is 3.60. The molecule has 114 valence electrons. The number of amides is 4. The van der Waals surface area contributed by atoms with Gasteiger partial charge in [-0.3, -0.25) is 4.90 Å². The third-order valence-electron chi connectivity index (χ3n) is 3.60. The Morgan fingerprint density at radius 3 is 2.61 bits per heavy atom. The molecule has 0 aliphatic carbocycles. The molecule has 0 radical (unpaired) electrons. The third kappa shape index (κ3) is 3.01. The molecule has 1 aliphatic rings. The largest absolute Gasteiger partial charge is 0.332 e. The van der Waals surface area contributed by atoms with E-state index in [1.54, 1.807) is 29.2 Å². The van der Waals surface area contributed by atoms with Crippen molar-refractivity contribution in [1.29, 1.82) is 0 Å². The summed E-state index contributed by atoms with van der Waals surface area (Å²) >= 11 is 0. The van der Waals surface area contributed by atoms with E-state index >= 15 is 0 Å². The van der Waals surface area contributed by atoms with Gasteiger partial charge in [0, 0.05) is 23.5 Å². The van der Waals surface area contributed by atoms with Crippen molar-refractivity contribution in [2.24, 2.45) is 0 Å². The van der Waals surface area contributed by atoms with Crippen molar-refractivity contribution in [2.45, 2.75) is 0 Å². The molecular weight excluding hydrogens is 290 g/mol. The van der Waals surface area contributed by atoms with E-state index in [1.807, 2.05) is 30.3 Å². The van der Waals surface area contributed by atoms with Crippen LogP contribution < -0.4 is 10.2 Å². The number of hydrogen-bond acceptors (Lipinski definition) is 2. The SMILES string of the molecule is C#Cc1cccc(NC(=O)N2CCN(c3ccccc3)C2=O)c1. The van der Waals surface area contributed by atoms with E-state index in [-0.39, 0.29) is 6.03 Å². The average molecular weight is 305 g/mol. The highest BCUT2D eigenvalue weighted by atomic mass is 16.2. The Morgan fingerprint density at radius 2 is 1.87 bits per heavy atom. The van der Waals surface area contributed by atoms with Crippen molar-refractivity contribution < 1.29 is 9.59 Å². The van der Waals surface area contributed by atoms with E-state index in [0.717, 1.165) is 5.69 Å². The number of rotatable bonds is 2. The first-order valence-electron chi connectivity index (χ1n) is 7.21. The summed E-state index contributed by atoms with van der Waals surface area (Å²) in [5.41, 5.74) is 2.01. The van der Waals surface area contributed by atoms with Crippen molar-refractivity contribution in [3.05, 3.63) is 60.2 Å². The summed E-state index contributed by atoms with van der Waals surface area (Å²) in [6.07, 6.45) is 5.34. The predicted molar refractivity (Wildman–Crippen MR) is 89.3 cm³/mol. The number of urea groups is 2. The van der Waals surface area contributed by atoms with Crippen LogP contribution in [0.3, 0.4) is 0 Å². The van der Waals surface area contributed by atoms with Crippen LogP contribution in [0.25, 0.3) is 0 Å². The Morgan fingerprint density at radius 1 is 1.09 bits per heavy atom. The molecule has 3 rings (SSSR count). The highest BCUT2D eigenvalue weighted by Crippen LogP contribution is 2.20. The van der Waals surface area contributed by atoms with Crippen LogP contribution in [-0.2, 0) is 0 Å². The zero-order valence-electron chi connectivity index (χ0n) is 12.4. The highest BCUT2D eigenvalue weighted by Gasteiger charge is 2.33. The summed E-state index contributed by atoms with van der Waals surface area (Å²) in [7, 11) is 0. The number of carbonyl (C=O) groups excluding carboxylic acids is 2. The quantitative estimate of drug-likeness (QED) is 0.867. The average Bonchev–Trinajstić information content (AvgIpc) is 2.97. The molecule has 5 nitrogen and oxygen atoms in total. The van der Waals surface area contributed by atoms with Gasteiger partial charge in [-0.2, -0.15) is 0 Å². The van der Waals surface area contributed by atoms with E-state index < -0.39 is 6.03 Å². The van der Waals surface area contributed by atoms with Crippen LogP contribution in [0.2, 0.25) is 0 Å². The van der Waals surface area contributed by atoms with Crippen molar-refractivity contribution in [2.75, 3.05) is 23.3 Å². The van der Waals surface area contributed by atoms with Gasteiger partial charge in [0.25, 0.3) is 0 Å². The van der Waals surface area contributed by atoms with Crippen molar-refractivity contribution in [1.82, 2.24) is 4.90 Å². The molecule has 2 aromatic rings. The van der Waals surface area contributed by atoms with E-state index in [9.17, 15) is 9.59 Å². The molecule has 1 aliphatic heterocycles. The van der Waals surface area contributed by atoms with Gasteiger partial charge < -0.3 is 5.32 Å². The van der Waals surface area contributed by atoms with Crippen LogP contribution in [0.15, 0.2) is 54.6 Å². The highest BCUT2D eigenvalue weighted by molar-refractivity contribution is 6.08. The van der Waals surface area contributed by atoms with Gasteiger partial charge in [0.1, 0.15) is 0 Å². The van der Waals surface area contributed by atoms with Crippen molar-refractivity contribution in [3.8, 4) is 12.3 Å². The van der Waals surface area contributed by atoms with E-state index in [4.69, 9.17) is 6.42 Å². The Kier molecular flexibility index (Phi) is 3.98. The Labute approximate surface area is 134 Å². The Balaban J connectivity index is 1.71. The second-order valence-corrected chi connectivity index (χ2v) is 5.08. The minimum Gasteiger partial charge on any atom is -0.307 e. The fourth-order valence-electron chi connectivity index (χ4n) is 2.45. The zero-order valence-corrected chi connectivity index (χ0v) is 12.4. The first kappa shape index (κ1) is 14.7. The van der Waals surface area contributed by atoms with E-state index in [2.05, 4.69) is 11.2 Å². The first-order chi connectivity index (χ1) is 11.2. The van der Waals surface area contributed by atoms with Crippen LogP contribution in [0.1, 0.15) is 5.56 Å². The molecule has 4 amide bonds. The normalized spacial score (nSPS) is 13.8. The lowest BCUT2D eigenvalue weighted by Crippen LogP contribution is -2.39. The lowest BCUT2D eigenvalue weighted by Gasteiger charge is -2.18. The maximum atomic E-state index is 12.4. The number of terminal acetylenes is 1. The number of nitrogens with zero attached hydrogens (tertiary/aromatic N) is 2. The van der Waals surface area contributed by atoms with Gasteiger partial charge in [-0.25, -0.2) is 14.5 Å². The van der Waals surface area contributed by atoms with Gasteiger partial charge in [-0.1, -0.05) is 30.2 Å². The topological polar surface area (TPSA) is 52.7 Å². The minimum absolute atomic E-state index is 0.332. The monoisotopic (exact) mass is 305 g/mol. The minimum atomic E-state index is -0.456. The molecule has 0 saturated carbocycles. The molecule has 1 saturated heterocycles. The predicted octanol–water partition coefficient (Wildman–Crippen LogP) is 3.14. The van der Waals surface area contributed by atoms with Gasteiger partial charge in [0.05, 0.1) is 6.54 Å². The van der Waals surface area contributed by atoms with Gasteiger partial charge >= 0.3 is 12.1 Å². The van der Waals surface area contributed by atoms with Crippen LogP contribution in [0.4, 0.5) is 21.0 Å². The summed E-state index contributed by atoms with van der Waals surface area (Å²) < 4.78 is 0. The molecule has 0 aromatic heterocycles. The molecule has 0 spiro atoms. The first-order valence-corrected chi connectivity index (χ1v) is 7.21. The standard InChI is InChI=1S/C18H15N3O2/c1-2-14-7-6-8-15(13-14)19-17(22)21-12-11-20(18(21)23)16-9-4-3-5-10-16/h1,3-10,13H,11-12H2,(H,19,22). The summed E-state index contributed by atoms with van der Waals surface area (Å²) in [4.78, 5) is 27.5. The molecule has 1 N–H and O–H groups in total. The fraction of sp³-hybridized carbons (Fsp3) is 0.111. The molecule has 5 heteroatoms. The van der Waals surface area contributed by atoms with Crippen LogP contribution >= 0.6 is 0 Å². The zero-order chi connectivity index (χ0) is 16.2. The van der Waals surface area contributed by atoms with Gasteiger partial charge in [-0.05, 0) is 30.3 Å². The van der Waals surface area contributed by atoms with Crippen LogP contribution in [0, 0.1) is 12.3 Å². The van der Waals surface area contributed by atoms with Crippen LogP contribution in [0.5, 0.6) is 0 Å². The smallest absolute Gasteiger partial charge is 0.307 e. The van der Waals surface area contributed by atoms with Crippen molar-refractivity contribution >= 4 is 23.4 Å². The number of benzene rings is 2. The molecule has 1 fully saturated rings. The maximum Gasteiger partial charge on any atom is 0.332 e. The lowest BCUT2D eigenvalue weighted by atomic mass is 10.2. The fourth-order valence-corrected chi connectivity index (χ4v) is 2.45. The number of hydrogen-bond donors (Lipinski definition) is 1. The van der Waals surface area contributed by atoms with Gasteiger partial charge in [0.15, 0.2) is 0 Å². The van der Waals surface area contributed by atoms with Crippen molar-refractivity contribution in [3.63, 3.8) is 0 Å². The summed E-state index contributed by atoms with van der Waals surface area (Å²) in [5, 5.41) is 2.70. The molecule has 1 heterocycles. The molecule has 2 aromatic carbocycles. The number of nitrogens with one attached hydrogen (secondary N) is 1. The summed E-state index contributed by atoms with van der Waals surface area (Å²) in [5.74, 6) is 2.51. The number of para-hydroxylation sites is 1. The number of carbonyl (C=O) groups is 2. The van der Waals surface area contributed by atoms with E-state index in [1.165, 1.54) is 4.90 Å². The Bertz CT molecular complexity index is 780. The summed E-state index contributed by atoms with van der Waals surface area (Å²) in [6.45, 7) is 0.815. The second-order valence-electron chi connectivity index (χ2n) is 5.08. The summed E-state index contributed by atoms with van der Waals surface area (Å²) in [6, 6.07) is 15.4. The number of anilines is 2. The molecule has 0 bridgehead atoms. The Hall–Kier alpha value is -3.26. The molecular formula is C18H15N3O2. The van der Waals surface area contributed by atoms with E-state index in [0.29, 0.717) is 24.3 Å². The second kappa shape index (κ2) is 6.24. The van der Waals surface area contributed by atoms with Crippen LogP contribution in [-0.4, -0.2) is 30.1 Å². The van der Waals surface area contributed by atoms with Gasteiger partial charge in [0.2, 0.25) is 0 Å². The molecule has 0 unspecified atom stereocenters. The number of imide groups is 1. The molecule has 23 heavy (non-hydrogen) atoms. The lowest BCUT2D eigenvalue weighted by molar-refractivity contribution is 0.209. The molecule has 0 atom stereocenters.